The summed E-state index contributed by atoms with van der Waals surface area (Å²) in [6, 6.07) is 3.62. The van der Waals surface area contributed by atoms with Crippen LogP contribution in [0.3, 0.4) is 0 Å². The van der Waals surface area contributed by atoms with Crippen LogP contribution in [0.15, 0.2) is 23.4 Å². The van der Waals surface area contributed by atoms with Gasteiger partial charge in [0.2, 0.25) is 0 Å². The number of nitriles is 1. The zero-order chi connectivity index (χ0) is 14.5. The van der Waals surface area contributed by atoms with Crippen LogP contribution in [0.4, 0.5) is 5.69 Å². The number of unbranched alkanes of at least 4 members (excludes halogenated alkanes) is 1. The van der Waals surface area contributed by atoms with Crippen LogP contribution in [-0.4, -0.2) is 19.2 Å². The molecule has 0 aliphatic carbocycles. The molecule has 0 saturated carbocycles. The number of rotatable bonds is 6. The van der Waals surface area contributed by atoms with Crippen LogP contribution in [0.5, 0.6) is 0 Å². The summed E-state index contributed by atoms with van der Waals surface area (Å²) < 4.78 is 24.1. The van der Waals surface area contributed by atoms with E-state index in [9.17, 15) is 8.42 Å². The fourth-order valence-corrected chi connectivity index (χ4v) is 3.19. The van der Waals surface area contributed by atoms with Crippen LogP contribution >= 0.6 is 0 Å². The number of pyridine rings is 1. The minimum Gasteiger partial charge on any atom is -0.396 e. The van der Waals surface area contributed by atoms with E-state index in [4.69, 9.17) is 11.0 Å². The van der Waals surface area contributed by atoms with E-state index in [1.807, 2.05) is 13.8 Å². The van der Waals surface area contributed by atoms with E-state index in [2.05, 4.69) is 11.1 Å². The highest BCUT2D eigenvalue weighted by atomic mass is 32.2. The van der Waals surface area contributed by atoms with Crippen molar-refractivity contribution in [1.29, 1.82) is 5.26 Å². The highest BCUT2D eigenvalue weighted by Gasteiger charge is 2.19. The van der Waals surface area contributed by atoms with Crippen LogP contribution < -0.4 is 5.73 Å². The third-order valence-corrected chi connectivity index (χ3v) is 4.78. The van der Waals surface area contributed by atoms with Gasteiger partial charge in [-0.15, -0.1) is 0 Å². The van der Waals surface area contributed by atoms with Crippen molar-refractivity contribution in [2.45, 2.75) is 38.0 Å². The van der Waals surface area contributed by atoms with Crippen molar-refractivity contribution >= 4 is 15.5 Å². The predicted molar refractivity (Wildman–Crippen MR) is 73.9 cm³/mol. The third kappa shape index (κ3) is 4.52. The molecular weight excluding hydrogens is 262 g/mol. The summed E-state index contributed by atoms with van der Waals surface area (Å²) in [4.78, 5) is 3.91. The zero-order valence-electron chi connectivity index (χ0n) is 11.3. The molecule has 0 radical (unpaired) electrons. The van der Waals surface area contributed by atoms with Gasteiger partial charge < -0.3 is 5.73 Å². The quantitative estimate of drug-likeness (QED) is 0.806. The minimum absolute atomic E-state index is 0.0444. The van der Waals surface area contributed by atoms with Crippen molar-refractivity contribution in [3.05, 3.63) is 18.5 Å². The Hall–Kier alpha value is -1.61. The van der Waals surface area contributed by atoms with Gasteiger partial charge in [0.05, 0.1) is 34.0 Å². The second kappa shape index (κ2) is 6.02. The number of hydrogen-bond donors (Lipinski definition) is 1. The van der Waals surface area contributed by atoms with Crippen LogP contribution in [0.25, 0.3) is 0 Å². The third-order valence-electron chi connectivity index (χ3n) is 2.91. The molecule has 1 rings (SSSR count). The highest BCUT2D eigenvalue weighted by molar-refractivity contribution is 7.91. The standard InChI is InChI=1S/C13H19N3O2S/c1-13(2,10-14)6-3-4-8-19(17,18)12-5-7-16-9-11(12)15/h5,7,9H,3-4,6,8,15H2,1-2H3. The number of nitrogens with two attached hydrogens (primary N) is 1. The van der Waals surface area contributed by atoms with Gasteiger partial charge in [-0.25, -0.2) is 8.42 Å². The Balaban J connectivity index is 2.59. The monoisotopic (exact) mass is 281 g/mol. The summed E-state index contributed by atoms with van der Waals surface area (Å²) in [5.41, 5.74) is 5.39. The van der Waals surface area contributed by atoms with E-state index < -0.39 is 15.3 Å². The molecule has 2 N–H and O–H groups in total. The maximum absolute atomic E-state index is 12.1. The summed E-state index contributed by atoms with van der Waals surface area (Å²) in [6.45, 7) is 3.70. The molecule has 0 unspecified atom stereocenters. The van der Waals surface area contributed by atoms with Gasteiger partial charge >= 0.3 is 0 Å². The Morgan fingerprint density at radius 3 is 2.68 bits per heavy atom. The first-order chi connectivity index (χ1) is 8.78. The molecule has 0 aliphatic rings. The summed E-state index contributed by atoms with van der Waals surface area (Å²) >= 11 is 0. The minimum atomic E-state index is -3.36. The topological polar surface area (TPSA) is 96.8 Å². The van der Waals surface area contributed by atoms with Crippen LogP contribution in [-0.2, 0) is 9.84 Å². The molecule has 0 atom stereocenters. The molecule has 5 nitrogen and oxygen atoms in total. The number of nitrogens with zero attached hydrogens (tertiary/aromatic N) is 2. The molecule has 6 heteroatoms. The van der Waals surface area contributed by atoms with Gasteiger partial charge in [0.25, 0.3) is 0 Å². The van der Waals surface area contributed by atoms with Gasteiger partial charge in [-0.2, -0.15) is 5.26 Å². The molecule has 1 aromatic rings. The molecule has 1 aromatic heterocycles. The average Bonchev–Trinajstić information content (AvgIpc) is 2.35. The van der Waals surface area contributed by atoms with Crippen LogP contribution in [0, 0.1) is 16.7 Å². The molecule has 0 amide bonds. The maximum atomic E-state index is 12.1. The predicted octanol–water partition coefficient (Wildman–Crippen LogP) is 2.16. The Bertz CT molecular complexity index is 574. The summed E-state index contributed by atoms with van der Waals surface area (Å²) in [7, 11) is -3.36. The van der Waals surface area contributed by atoms with E-state index in [-0.39, 0.29) is 16.3 Å². The second-order valence-corrected chi connectivity index (χ2v) is 7.26. The lowest BCUT2D eigenvalue weighted by Gasteiger charge is -2.14. The fraction of sp³-hybridized carbons (Fsp3) is 0.538. The van der Waals surface area contributed by atoms with Crippen LogP contribution in [0.1, 0.15) is 33.1 Å². The first-order valence-electron chi connectivity index (χ1n) is 6.12. The molecule has 0 aromatic carbocycles. The molecule has 19 heavy (non-hydrogen) atoms. The largest absolute Gasteiger partial charge is 0.396 e. The maximum Gasteiger partial charge on any atom is 0.180 e. The second-order valence-electron chi connectivity index (χ2n) is 5.19. The van der Waals surface area contributed by atoms with Crippen molar-refractivity contribution in [3.63, 3.8) is 0 Å². The van der Waals surface area contributed by atoms with Gasteiger partial charge in [-0.3, -0.25) is 4.98 Å². The lowest BCUT2D eigenvalue weighted by atomic mass is 9.89. The molecular formula is C13H19N3O2S. The van der Waals surface area contributed by atoms with Crippen molar-refractivity contribution in [3.8, 4) is 6.07 Å². The number of aromatic nitrogens is 1. The molecule has 0 saturated heterocycles. The molecule has 1 heterocycles. The van der Waals surface area contributed by atoms with Gasteiger partial charge in [0.15, 0.2) is 9.84 Å². The van der Waals surface area contributed by atoms with Gasteiger partial charge in [-0.1, -0.05) is 6.42 Å². The lowest BCUT2D eigenvalue weighted by molar-refractivity contribution is 0.431. The number of anilines is 1. The van der Waals surface area contributed by atoms with Gasteiger partial charge in [0.1, 0.15) is 0 Å². The Morgan fingerprint density at radius 1 is 1.42 bits per heavy atom. The van der Waals surface area contributed by atoms with Crippen LogP contribution in [0.2, 0.25) is 0 Å². The zero-order valence-corrected chi connectivity index (χ0v) is 12.1. The van der Waals surface area contributed by atoms with Crippen molar-refractivity contribution in [1.82, 2.24) is 4.98 Å². The first-order valence-corrected chi connectivity index (χ1v) is 7.77. The highest BCUT2D eigenvalue weighted by Crippen LogP contribution is 2.23. The fourth-order valence-electron chi connectivity index (χ4n) is 1.70. The number of hydrogen-bond acceptors (Lipinski definition) is 5. The SMILES string of the molecule is CC(C)(C#N)CCCCS(=O)(=O)c1ccncc1N. The average molecular weight is 281 g/mol. The number of nitrogen functional groups attached to an aromatic ring is 1. The van der Waals surface area contributed by atoms with Crippen molar-refractivity contribution in [2.75, 3.05) is 11.5 Å². The molecule has 104 valence electrons. The van der Waals surface area contributed by atoms with Gasteiger partial charge in [0, 0.05) is 6.20 Å². The smallest absolute Gasteiger partial charge is 0.180 e. The summed E-state index contributed by atoms with van der Waals surface area (Å²) in [6.07, 6.45) is 4.67. The molecule has 0 fully saturated rings. The van der Waals surface area contributed by atoms with Gasteiger partial charge in [-0.05, 0) is 32.8 Å². The summed E-state index contributed by atoms with van der Waals surface area (Å²) in [5, 5.41) is 8.88. The van der Waals surface area contributed by atoms with E-state index in [0.29, 0.717) is 19.3 Å². The molecule has 0 bridgehead atoms. The van der Waals surface area contributed by atoms with E-state index >= 15 is 0 Å². The first kappa shape index (κ1) is 15.4. The van der Waals surface area contributed by atoms with E-state index in [0.717, 1.165) is 0 Å². The Labute approximate surface area is 114 Å². The lowest BCUT2D eigenvalue weighted by Crippen LogP contribution is -2.12. The van der Waals surface area contributed by atoms with Crippen molar-refractivity contribution < 1.29 is 8.42 Å². The van der Waals surface area contributed by atoms with Crippen molar-refractivity contribution in [2.24, 2.45) is 5.41 Å². The molecule has 0 aliphatic heterocycles. The number of sulfone groups is 1. The van der Waals surface area contributed by atoms with E-state index in [1.54, 1.807) is 0 Å². The molecule has 0 spiro atoms. The Kier molecular flexibility index (Phi) is 4.90. The Morgan fingerprint density at radius 2 is 2.11 bits per heavy atom. The van der Waals surface area contributed by atoms with E-state index in [1.165, 1.54) is 18.5 Å². The summed E-state index contributed by atoms with van der Waals surface area (Å²) in [5.74, 6) is 0.0444. The normalized spacial score (nSPS) is 12.1.